The maximum Gasteiger partial charge on any atom is 0.128 e. The van der Waals surface area contributed by atoms with Gasteiger partial charge in [0.1, 0.15) is 11.5 Å². The predicted octanol–water partition coefficient (Wildman–Crippen LogP) is 2.46. The number of aromatic nitrogens is 1. The highest BCUT2D eigenvalue weighted by atomic mass is 16.5. The third-order valence-electron chi connectivity index (χ3n) is 2.15. The Balaban J connectivity index is 2.46. The molecule has 15 heavy (non-hydrogen) atoms. The van der Waals surface area contributed by atoms with Crippen molar-refractivity contribution in [2.45, 2.75) is 0 Å². The normalized spacial score (nSPS) is 9.93. The lowest BCUT2D eigenvalue weighted by Gasteiger charge is -2.05. The van der Waals surface area contributed by atoms with E-state index in [0.29, 0.717) is 11.3 Å². The number of ether oxygens (including phenoxy) is 1. The van der Waals surface area contributed by atoms with E-state index in [4.69, 9.17) is 4.74 Å². The number of pyridine rings is 1. The fourth-order valence-corrected chi connectivity index (χ4v) is 1.38. The molecule has 0 spiro atoms. The van der Waals surface area contributed by atoms with E-state index in [-0.39, 0.29) is 5.75 Å². The molecule has 3 heteroatoms. The Kier molecular flexibility index (Phi) is 2.54. The highest BCUT2D eigenvalue weighted by molar-refractivity contribution is 5.67. The molecule has 0 fully saturated rings. The quantitative estimate of drug-likeness (QED) is 0.811. The van der Waals surface area contributed by atoms with E-state index in [2.05, 4.69) is 4.98 Å². The largest absolute Gasteiger partial charge is 0.507 e. The van der Waals surface area contributed by atoms with Crippen LogP contribution < -0.4 is 4.74 Å². The Morgan fingerprint density at radius 2 is 2.07 bits per heavy atom. The molecule has 0 aliphatic carbocycles. The fraction of sp³-hybridized carbons (Fsp3) is 0.0833. The molecule has 76 valence electrons. The van der Waals surface area contributed by atoms with E-state index >= 15 is 0 Å². The van der Waals surface area contributed by atoms with E-state index in [0.717, 1.165) is 5.69 Å². The number of phenols is 1. The van der Waals surface area contributed by atoms with Gasteiger partial charge in [0, 0.05) is 17.8 Å². The number of phenolic OH excluding ortho intramolecular Hbond substituents is 1. The number of aromatic hydroxyl groups is 1. The zero-order valence-corrected chi connectivity index (χ0v) is 8.34. The van der Waals surface area contributed by atoms with Crippen LogP contribution in [0.25, 0.3) is 11.3 Å². The van der Waals surface area contributed by atoms with Gasteiger partial charge in [-0.1, -0.05) is 6.07 Å². The first-order valence-electron chi connectivity index (χ1n) is 4.59. The van der Waals surface area contributed by atoms with Gasteiger partial charge in [-0.25, -0.2) is 0 Å². The first-order chi connectivity index (χ1) is 7.31. The van der Waals surface area contributed by atoms with E-state index in [1.807, 2.05) is 18.2 Å². The summed E-state index contributed by atoms with van der Waals surface area (Å²) in [5.74, 6) is 0.806. The van der Waals surface area contributed by atoms with Crippen LogP contribution in [0.15, 0.2) is 42.6 Å². The van der Waals surface area contributed by atoms with Crippen LogP contribution in [0, 0.1) is 0 Å². The van der Waals surface area contributed by atoms with Gasteiger partial charge in [-0.15, -0.1) is 0 Å². The molecule has 0 saturated heterocycles. The molecule has 1 aromatic carbocycles. The van der Waals surface area contributed by atoms with Crippen molar-refractivity contribution in [1.82, 2.24) is 4.98 Å². The summed E-state index contributed by atoms with van der Waals surface area (Å²) in [6.07, 6.45) is 1.69. The molecule has 0 atom stereocenters. The zero-order chi connectivity index (χ0) is 10.7. The Morgan fingerprint density at radius 1 is 1.20 bits per heavy atom. The number of nitrogens with zero attached hydrogens (tertiary/aromatic N) is 1. The number of methoxy groups -OCH3 is 1. The summed E-state index contributed by atoms with van der Waals surface area (Å²) in [6.45, 7) is 0. The molecular formula is C12H11NO2. The van der Waals surface area contributed by atoms with E-state index in [9.17, 15) is 5.11 Å². The second-order valence-corrected chi connectivity index (χ2v) is 3.10. The molecule has 3 nitrogen and oxygen atoms in total. The van der Waals surface area contributed by atoms with Crippen LogP contribution in [0.4, 0.5) is 0 Å². The molecule has 0 radical (unpaired) electrons. The molecule has 0 aliphatic heterocycles. The van der Waals surface area contributed by atoms with Crippen LogP contribution in [-0.2, 0) is 0 Å². The molecule has 1 N–H and O–H groups in total. The van der Waals surface area contributed by atoms with Crippen molar-refractivity contribution in [1.29, 1.82) is 0 Å². The monoisotopic (exact) mass is 201 g/mol. The zero-order valence-electron chi connectivity index (χ0n) is 8.34. The lowest BCUT2D eigenvalue weighted by Crippen LogP contribution is -1.85. The number of rotatable bonds is 2. The SMILES string of the molecule is COc1ccc(-c2ccccn2)c(O)c1. The van der Waals surface area contributed by atoms with E-state index < -0.39 is 0 Å². The summed E-state index contributed by atoms with van der Waals surface area (Å²) < 4.78 is 5.01. The van der Waals surface area contributed by atoms with Crippen molar-refractivity contribution in [2.24, 2.45) is 0 Å². The first kappa shape index (κ1) is 9.52. The summed E-state index contributed by atoms with van der Waals surface area (Å²) in [7, 11) is 1.56. The molecule has 0 aliphatic rings. The molecule has 2 rings (SSSR count). The lowest BCUT2D eigenvalue weighted by atomic mass is 10.1. The average molecular weight is 201 g/mol. The minimum atomic E-state index is 0.174. The minimum absolute atomic E-state index is 0.174. The van der Waals surface area contributed by atoms with Gasteiger partial charge in [0.2, 0.25) is 0 Å². The van der Waals surface area contributed by atoms with Crippen LogP contribution in [0.2, 0.25) is 0 Å². The predicted molar refractivity (Wildman–Crippen MR) is 57.9 cm³/mol. The van der Waals surface area contributed by atoms with Gasteiger partial charge < -0.3 is 9.84 Å². The van der Waals surface area contributed by atoms with Gasteiger partial charge >= 0.3 is 0 Å². The second-order valence-electron chi connectivity index (χ2n) is 3.10. The van der Waals surface area contributed by atoms with Crippen molar-refractivity contribution >= 4 is 0 Å². The molecular weight excluding hydrogens is 190 g/mol. The molecule has 0 saturated carbocycles. The molecule has 0 unspecified atom stereocenters. The van der Waals surface area contributed by atoms with Crippen molar-refractivity contribution in [3.63, 3.8) is 0 Å². The highest BCUT2D eigenvalue weighted by Gasteiger charge is 2.05. The Bertz CT molecular complexity index is 454. The van der Waals surface area contributed by atoms with Crippen LogP contribution in [0.5, 0.6) is 11.5 Å². The number of hydrogen-bond acceptors (Lipinski definition) is 3. The van der Waals surface area contributed by atoms with E-state index in [1.165, 1.54) is 0 Å². The van der Waals surface area contributed by atoms with Gasteiger partial charge in [-0.2, -0.15) is 0 Å². The van der Waals surface area contributed by atoms with Gasteiger partial charge in [-0.05, 0) is 24.3 Å². The number of benzene rings is 1. The van der Waals surface area contributed by atoms with Crippen molar-refractivity contribution in [3.8, 4) is 22.8 Å². The lowest BCUT2D eigenvalue weighted by molar-refractivity contribution is 0.408. The molecule has 2 aromatic rings. The standard InChI is InChI=1S/C12H11NO2/c1-15-9-5-6-10(12(14)8-9)11-4-2-3-7-13-11/h2-8,14H,1H3. The smallest absolute Gasteiger partial charge is 0.128 e. The third kappa shape index (κ3) is 1.91. The molecule has 1 heterocycles. The Hall–Kier alpha value is -2.03. The van der Waals surface area contributed by atoms with Crippen molar-refractivity contribution in [2.75, 3.05) is 7.11 Å². The summed E-state index contributed by atoms with van der Waals surface area (Å²) in [6, 6.07) is 10.7. The Labute approximate surface area is 88.0 Å². The maximum atomic E-state index is 9.76. The average Bonchev–Trinajstić information content (AvgIpc) is 2.30. The van der Waals surface area contributed by atoms with E-state index in [1.54, 1.807) is 31.5 Å². The minimum Gasteiger partial charge on any atom is -0.507 e. The summed E-state index contributed by atoms with van der Waals surface area (Å²) in [4.78, 5) is 4.16. The third-order valence-corrected chi connectivity index (χ3v) is 2.15. The molecule has 1 aromatic heterocycles. The highest BCUT2D eigenvalue weighted by Crippen LogP contribution is 2.30. The second kappa shape index (κ2) is 4.00. The van der Waals surface area contributed by atoms with Gasteiger partial charge in [0.15, 0.2) is 0 Å². The number of hydrogen-bond donors (Lipinski definition) is 1. The van der Waals surface area contributed by atoms with Crippen LogP contribution in [0.3, 0.4) is 0 Å². The maximum absolute atomic E-state index is 9.76. The van der Waals surface area contributed by atoms with Crippen LogP contribution in [0.1, 0.15) is 0 Å². The first-order valence-corrected chi connectivity index (χ1v) is 4.59. The van der Waals surface area contributed by atoms with Crippen LogP contribution >= 0.6 is 0 Å². The fourth-order valence-electron chi connectivity index (χ4n) is 1.38. The van der Waals surface area contributed by atoms with Crippen LogP contribution in [-0.4, -0.2) is 17.2 Å². The summed E-state index contributed by atoms with van der Waals surface area (Å²) >= 11 is 0. The topological polar surface area (TPSA) is 42.4 Å². The summed E-state index contributed by atoms with van der Waals surface area (Å²) in [5.41, 5.74) is 1.45. The summed E-state index contributed by atoms with van der Waals surface area (Å²) in [5, 5.41) is 9.76. The molecule has 0 bridgehead atoms. The van der Waals surface area contributed by atoms with Crippen molar-refractivity contribution < 1.29 is 9.84 Å². The molecule has 0 amide bonds. The van der Waals surface area contributed by atoms with Crippen molar-refractivity contribution in [3.05, 3.63) is 42.6 Å². The van der Waals surface area contributed by atoms with Gasteiger partial charge in [-0.3, -0.25) is 4.98 Å². The van der Waals surface area contributed by atoms with Gasteiger partial charge in [0.05, 0.1) is 12.8 Å². The van der Waals surface area contributed by atoms with Gasteiger partial charge in [0.25, 0.3) is 0 Å². The Morgan fingerprint density at radius 3 is 2.67 bits per heavy atom.